The topological polar surface area (TPSA) is 74.3 Å². The maximum Gasteiger partial charge on any atom is 0.293 e. The number of carbonyl (C=O) groups is 2. The average Bonchev–Trinajstić information content (AvgIpc) is 3.05. The predicted molar refractivity (Wildman–Crippen MR) is 120 cm³/mol. The lowest BCUT2D eigenvalue weighted by Gasteiger charge is -2.14. The van der Waals surface area contributed by atoms with E-state index in [1.165, 1.54) is 12.0 Å². The van der Waals surface area contributed by atoms with Crippen LogP contribution in [0.1, 0.15) is 5.56 Å². The van der Waals surface area contributed by atoms with Gasteiger partial charge in [-0.05, 0) is 47.7 Å². The average molecular weight is 442 g/mol. The van der Waals surface area contributed by atoms with E-state index < -0.39 is 0 Å². The van der Waals surface area contributed by atoms with Crippen LogP contribution in [0.5, 0.6) is 23.0 Å². The van der Waals surface area contributed by atoms with Gasteiger partial charge in [-0.15, -0.1) is 0 Å². The molecule has 0 aromatic heterocycles. The third-order valence-electron chi connectivity index (χ3n) is 4.36. The summed E-state index contributed by atoms with van der Waals surface area (Å²) in [5.74, 6) is 1.88. The molecule has 0 saturated carbocycles. The minimum absolute atomic E-state index is 0.137. The van der Waals surface area contributed by atoms with Crippen molar-refractivity contribution in [2.45, 2.75) is 0 Å². The molecule has 1 fully saturated rings. The maximum atomic E-state index is 12.7. The highest BCUT2D eigenvalue weighted by Gasteiger charge is 2.34. The second kappa shape index (κ2) is 10.6. The molecule has 162 valence electrons. The molecular weight excluding hydrogens is 418 g/mol. The zero-order chi connectivity index (χ0) is 22.2. The van der Waals surface area contributed by atoms with Gasteiger partial charge in [-0.2, -0.15) is 0 Å². The predicted octanol–water partition coefficient (Wildman–Crippen LogP) is 4.38. The Kier molecular flexibility index (Phi) is 7.61. The molecule has 0 aliphatic carbocycles. The zero-order valence-corrected chi connectivity index (χ0v) is 18.1. The lowest BCUT2D eigenvalue weighted by molar-refractivity contribution is -0.123. The summed E-state index contributed by atoms with van der Waals surface area (Å²) >= 11 is 0.895. The summed E-state index contributed by atoms with van der Waals surface area (Å²) in [6.45, 7) is 4.27. The van der Waals surface area contributed by atoms with Crippen LogP contribution in [0, 0.1) is 0 Å². The summed E-state index contributed by atoms with van der Waals surface area (Å²) in [4.78, 5) is 26.6. The van der Waals surface area contributed by atoms with E-state index in [-0.39, 0.29) is 24.3 Å². The number of ether oxygens (including phenoxy) is 4. The Labute approximate surface area is 185 Å². The highest BCUT2D eigenvalue weighted by atomic mass is 32.2. The van der Waals surface area contributed by atoms with Gasteiger partial charge in [0, 0.05) is 0 Å². The molecule has 2 amide bonds. The normalized spacial score (nSPS) is 14.6. The van der Waals surface area contributed by atoms with Crippen molar-refractivity contribution in [2.75, 3.05) is 34.0 Å². The molecular formula is C23H23NO6S. The van der Waals surface area contributed by atoms with Crippen LogP contribution in [0.3, 0.4) is 0 Å². The smallest absolute Gasteiger partial charge is 0.293 e. The molecule has 0 N–H and O–H groups in total. The van der Waals surface area contributed by atoms with E-state index in [2.05, 4.69) is 6.58 Å². The van der Waals surface area contributed by atoms with Gasteiger partial charge in [-0.3, -0.25) is 14.5 Å². The van der Waals surface area contributed by atoms with Gasteiger partial charge in [-0.25, -0.2) is 0 Å². The third kappa shape index (κ3) is 5.40. The van der Waals surface area contributed by atoms with Gasteiger partial charge in [0.25, 0.3) is 11.1 Å². The van der Waals surface area contributed by atoms with Crippen LogP contribution >= 0.6 is 11.8 Å². The molecule has 0 bridgehead atoms. The summed E-state index contributed by atoms with van der Waals surface area (Å²) in [5.41, 5.74) is 0.721. The molecule has 0 spiro atoms. The van der Waals surface area contributed by atoms with Crippen molar-refractivity contribution in [3.63, 3.8) is 0 Å². The first-order chi connectivity index (χ1) is 15.1. The number of hydrogen-bond acceptors (Lipinski definition) is 7. The van der Waals surface area contributed by atoms with Crippen molar-refractivity contribution >= 4 is 29.0 Å². The lowest BCUT2D eigenvalue weighted by Crippen LogP contribution is -2.32. The Morgan fingerprint density at radius 2 is 1.68 bits per heavy atom. The second-order valence-corrected chi connectivity index (χ2v) is 7.34. The SMILES string of the molecule is C=CCOc1ccc(/C=C2\SC(=O)N(CCOc3ccccc3OC)C2=O)cc1OC. The fourth-order valence-corrected chi connectivity index (χ4v) is 3.74. The highest BCUT2D eigenvalue weighted by molar-refractivity contribution is 8.18. The number of para-hydroxylation sites is 2. The molecule has 1 heterocycles. The Hall–Kier alpha value is -3.39. The highest BCUT2D eigenvalue weighted by Crippen LogP contribution is 2.34. The van der Waals surface area contributed by atoms with Crippen molar-refractivity contribution in [3.05, 3.63) is 65.6 Å². The van der Waals surface area contributed by atoms with Gasteiger partial charge >= 0.3 is 0 Å². The molecule has 31 heavy (non-hydrogen) atoms. The first-order valence-electron chi connectivity index (χ1n) is 9.50. The molecule has 2 aromatic rings. The van der Waals surface area contributed by atoms with E-state index in [1.807, 2.05) is 12.1 Å². The van der Waals surface area contributed by atoms with Crippen LogP contribution in [-0.2, 0) is 4.79 Å². The number of carbonyl (C=O) groups excluding carboxylic acids is 2. The molecule has 1 saturated heterocycles. The van der Waals surface area contributed by atoms with Crippen LogP contribution in [0.15, 0.2) is 60.0 Å². The quantitative estimate of drug-likeness (QED) is 0.400. The maximum absolute atomic E-state index is 12.7. The van der Waals surface area contributed by atoms with E-state index >= 15 is 0 Å². The number of thioether (sulfide) groups is 1. The van der Waals surface area contributed by atoms with Crippen LogP contribution < -0.4 is 18.9 Å². The van der Waals surface area contributed by atoms with Crippen molar-refractivity contribution < 1.29 is 28.5 Å². The Balaban J connectivity index is 1.66. The van der Waals surface area contributed by atoms with Crippen LogP contribution in [0.4, 0.5) is 4.79 Å². The molecule has 3 rings (SSSR count). The van der Waals surface area contributed by atoms with E-state index in [1.54, 1.807) is 49.6 Å². The van der Waals surface area contributed by atoms with Gasteiger partial charge in [0.2, 0.25) is 0 Å². The van der Waals surface area contributed by atoms with Gasteiger partial charge in [0.05, 0.1) is 25.7 Å². The standard InChI is InChI=1S/C23H23NO6S/c1-4-12-29-19-10-9-16(14-20(19)28-3)15-21-22(25)24(23(26)31-21)11-13-30-18-8-6-5-7-17(18)27-2/h4-10,14-15H,1,11-13H2,2-3H3/b21-15-. The van der Waals surface area contributed by atoms with Crippen LogP contribution in [0.2, 0.25) is 0 Å². The molecule has 2 aromatic carbocycles. The number of hydrogen-bond donors (Lipinski definition) is 0. The first kappa shape index (κ1) is 22.3. The van der Waals surface area contributed by atoms with Gasteiger partial charge in [-0.1, -0.05) is 30.9 Å². The Bertz CT molecular complexity index is 1000. The largest absolute Gasteiger partial charge is 0.493 e. The summed E-state index contributed by atoms with van der Waals surface area (Å²) in [7, 11) is 3.09. The summed E-state index contributed by atoms with van der Waals surface area (Å²) in [6, 6.07) is 12.5. The van der Waals surface area contributed by atoms with Gasteiger partial charge in [0.15, 0.2) is 23.0 Å². The molecule has 0 unspecified atom stereocenters. The van der Waals surface area contributed by atoms with Gasteiger partial charge < -0.3 is 18.9 Å². The molecule has 7 nitrogen and oxygen atoms in total. The number of imide groups is 1. The van der Waals surface area contributed by atoms with Crippen molar-refractivity contribution in [1.82, 2.24) is 4.90 Å². The second-order valence-electron chi connectivity index (χ2n) is 6.34. The summed E-state index contributed by atoms with van der Waals surface area (Å²) in [6.07, 6.45) is 3.30. The molecule has 0 radical (unpaired) electrons. The Morgan fingerprint density at radius 3 is 2.39 bits per heavy atom. The Morgan fingerprint density at radius 1 is 0.968 bits per heavy atom. The first-order valence-corrected chi connectivity index (χ1v) is 10.3. The van der Waals surface area contributed by atoms with E-state index in [0.29, 0.717) is 34.5 Å². The van der Waals surface area contributed by atoms with E-state index in [9.17, 15) is 9.59 Å². The van der Waals surface area contributed by atoms with Crippen molar-refractivity contribution in [3.8, 4) is 23.0 Å². The summed E-state index contributed by atoms with van der Waals surface area (Å²) in [5, 5.41) is -0.335. The fourth-order valence-electron chi connectivity index (χ4n) is 2.87. The monoisotopic (exact) mass is 441 g/mol. The number of methoxy groups -OCH3 is 2. The van der Waals surface area contributed by atoms with E-state index in [4.69, 9.17) is 18.9 Å². The minimum Gasteiger partial charge on any atom is -0.493 e. The zero-order valence-electron chi connectivity index (χ0n) is 17.3. The number of benzene rings is 2. The molecule has 0 atom stereocenters. The van der Waals surface area contributed by atoms with Crippen LogP contribution in [-0.4, -0.2) is 50.0 Å². The number of amides is 2. The van der Waals surface area contributed by atoms with Crippen molar-refractivity contribution in [2.24, 2.45) is 0 Å². The molecule has 1 aliphatic heterocycles. The van der Waals surface area contributed by atoms with E-state index in [0.717, 1.165) is 17.3 Å². The fraction of sp³-hybridized carbons (Fsp3) is 0.217. The summed E-state index contributed by atoms with van der Waals surface area (Å²) < 4.78 is 21.8. The molecule has 8 heteroatoms. The lowest BCUT2D eigenvalue weighted by atomic mass is 10.2. The minimum atomic E-state index is -0.357. The molecule has 1 aliphatic rings. The van der Waals surface area contributed by atoms with Crippen LogP contribution in [0.25, 0.3) is 6.08 Å². The number of nitrogens with zero attached hydrogens (tertiary/aromatic N) is 1. The number of rotatable bonds is 10. The third-order valence-corrected chi connectivity index (χ3v) is 5.26. The van der Waals surface area contributed by atoms with Crippen molar-refractivity contribution in [1.29, 1.82) is 0 Å². The van der Waals surface area contributed by atoms with Gasteiger partial charge in [0.1, 0.15) is 13.2 Å².